The number of β-amino-alcohol motifs (C(OH)–C–C–N with tert-alkyl or cyclic N) is 1. The monoisotopic (exact) mass is 284 g/mol. The first kappa shape index (κ1) is 16.6. The van der Waals surface area contributed by atoms with Crippen molar-refractivity contribution in [3.05, 3.63) is 16.1 Å². The second-order valence-corrected chi connectivity index (χ2v) is 8.60. The van der Waals surface area contributed by atoms with Crippen LogP contribution in [-0.2, 0) is 11.8 Å². The number of nitrogens with one attached hydrogen (secondary N) is 1. The van der Waals surface area contributed by atoms with E-state index in [9.17, 15) is 5.11 Å². The number of thiazole rings is 1. The van der Waals surface area contributed by atoms with Gasteiger partial charge in [0.05, 0.1) is 16.3 Å². The molecule has 0 aliphatic rings. The van der Waals surface area contributed by atoms with Crippen LogP contribution in [0.3, 0.4) is 0 Å². The normalized spacial score (nSPS) is 16.4. The number of aliphatic hydroxyl groups is 1. The summed E-state index contributed by atoms with van der Waals surface area (Å²) < 4.78 is 0. The molecule has 1 aromatic rings. The minimum absolute atomic E-state index is 0.0173. The molecule has 4 heteroatoms. The Hall–Kier alpha value is -0.450. The molecule has 0 radical (unpaired) electrons. The van der Waals surface area contributed by atoms with Gasteiger partial charge in [-0.15, -0.1) is 11.3 Å². The quantitative estimate of drug-likeness (QED) is 0.893. The highest BCUT2D eigenvalue weighted by atomic mass is 32.1. The van der Waals surface area contributed by atoms with E-state index in [1.54, 1.807) is 11.3 Å². The lowest BCUT2D eigenvalue weighted by molar-refractivity contribution is 0.0533. The summed E-state index contributed by atoms with van der Waals surface area (Å²) in [6, 6.07) is 0. The molecule has 0 bridgehead atoms. The van der Waals surface area contributed by atoms with Crippen LogP contribution in [-0.4, -0.2) is 27.8 Å². The van der Waals surface area contributed by atoms with Gasteiger partial charge in [0.1, 0.15) is 0 Å². The van der Waals surface area contributed by atoms with Gasteiger partial charge in [0.2, 0.25) is 0 Å². The molecule has 0 saturated carbocycles. The lowest BCUT2D eigenvalue weighted by Crippen LogP contribution is -2.47. The zero-order chi connectivity index (χ0) is 14.9. The number of nitrogens with zero attached hydrogens (tertiary/aromatic N) is 1. The molecule has 1 unspecified atom stereocenters. The van der Waals surface area contributed by atoms with Crippen molar-refractivity contribution in [2.45, 2.75) is 71.4 Å². The van der Waals surface area contributed by atoms with Crippen LogP contribution >= 0.6 is 11.3 Å². The van der Waals surface area contributed by atoms with Gasteiger partial charge in [0.15, 0.2) is 0 Å². The highest BCUT2D eigenvalue weighted by Gasteiger charge is 2.26. The Kier molecular flexibility index (Phi) is 4.81. The molecule has 1 rings (SSSR count). The van der Waals surface area contributed by atoms with Crippen molar-refractivity contribution >= 4 is 11.3 Å². The number of rotatable bonds is 4. The average Bonchev–Trinajstić information content (AvgIpc) is 2.61. The minimum Gasteiger partial charge on any atom is -0.388 e. The predicted molar refractivity (Wildman–Crippen MR) is 82.9 cm³/mol. The highest BCUT2D eigenvalue weighted by Crippen LogP contribution is 2.25. The summed E-state index contributed by atoms with van der Waals surface area (Å²) in [5, 5.41) is 16.9. The van der Waals surface area contributed by atoms with Gasteiger partial charge in [-0.05, 0) is 27.7 Å². The van der Waals surface area contributed by atoms with E-state index in [1.807, 2.05) is 6.92 Å². The van der Waals surface area contributed by atoms with E-state index < -0.39 is 5.60 Å². The van der Waals surface area contributed by atoms with Crippen molar-refractivity contribution in [3.8, 4) is 0 Å². The van der Waals surface area contributed by atoms with Crippen LogP contribution < -0.4 is 5.32 Å². The molecular formula is C15H28N2OS. The third-order valence-electron chi connectivity index (χ3n) is 2.85. The first-order valence-corrected chi connectivity index (χ1v) is 7.69. The Morgan fingerprint density at radius 1 is 1.16 bits per heavy atom. The summed E-state index contributed by atoms with van der Waals surface area (Å²) in [5.74, 6) is 0. The van der Waals surface area contributed by atoms with Gasteiger partial charge < -0.3 is 10.4 Å². The molecule has 3 nitrogen and oxygen atoms in total. The molecule has 0 aliphatic heterocycles. The molecule has 1 heterocycles. The van der Waals surface area contributed by atoms with Crippen LogP contribution in [0.25, 0.3) is 0 Å². The smallest absolute Gasteiger partial charge is 0.0957 e. The number of aromatic nitrogens is 1. The van der Waals surface area contributed by atoms with Gasteiger partial charge in [0, 0.05) is 29.3 Å². The van der Waals surface area contributed by atoms with Gasteiger partial charge in [-0.1, -0.05) is 20.8 Å². The summed E-state index contributed by atoms with van der Waals surface area (Å²) in [6.07, 6.45) is 0.594. The van der Waals surface area contributed by atoms with Gasteiger partial charge in [0.25, 0.3) is 0 Å². The van der Waals surface area contributed by atoms with Crippen LogP contribution in [0.1, 0.15) is 59.2 Å². The Morgan fingerprint density at radius 3 is 2.16 bits per heavy atom. The van der Waals surface area contributed by atoms with E-state index in [4.69, 9.17) is 0 Å². The van der Waals surface area contributed by atoms with Gasteiger partial charge in [-0.25, -0.2) is 4.98 Å². The number of hydrogen-bond donors (Lipinski definition) is 2. The summed E-state index contributed by atoms with van der Waals surface area (Å²) in [4.78, 5) is 4.64. The lowest BCUT2D eigenvalue weighted by Gasteiger charge is -2.28. The second kappa shape index (κ2) is 5.51. The maximum atomic E-state index is 10.4. The van der Waals surface area contributed by atoms with Crippen LogP contribution in [0.2, 0.25) is 0 Å². The summed E-state index contributed by atoms with van der Waals surface area (Å²) in [7, 11) is 0. The highest BCUT2D eigenvalue weighted by molar-refractivity contribution is 7.09. The van der Waals surface area contributed by atoms with E-state index in [1.165, 1.54) is 0 Å². The maximum Gasteiger partial charge on any atom is 0.0957 e. The number of hydrogen-bond acceptors (Lipinski definition) is 4. The van der Waals surface area contributed by atoms with Crippen molar-refractivity contribution in [1.29, 1.82) is 0 Å². The first-order valence-electron chi connectivity index (χ1n) is 6.81. The molecule has 0 spiro atoms. The topological polar surface area (TPSA) is 45.1 Å². The fourth-order valence-corrected chi connectivity index (χ4v) is 2.78. The van der Waals surface area contributed by atoms with Crippen molar-refractivity contribution in [1.82, 2.24) is 10.3 Å². The molecular weight excluding hydrogens is 256 g/mol. The summed E-state index contributed by atoms with van der Waals surface area (Å²) in [6.45, 7) is 15.2. The van der Waals surface area contributed by atoms with Crippen molar-refractivity contribution in [3.63, 3.8) is 0 Å². The molecule has 2 N–H and O–H groups in total. The summed E-state index contributed by atoms with van der Waals surface area (Å²) >= 11 is 1.64. The van der Waals surface area contributed by atoms with Crippen molar-refractivity contribution < 1.29 is 5.11 Å². The summed E-state index contributed by atoms with van der Waals surface area (Å²) in [5.41, 5.74) is 0.431. The lowest BCUT2D eigenvalue weighted by atomic mass is 9.93. The molecule has 110 valence electrons. The van der Waals surface area contributed by atoms with Crippen molar-refractivity contribution in [2.24, 2.45) is 0 Å². The fraction of sp³-hybridized carbons (Fsp3) is 0.800. The van der Waals surface area contributed by atoms with Gasteiger partial charge in [-0.2, -0.15) is 0 Å². The van der Waals surface area contributed by atoms with Crippen LogP contribution in [0, 0.1) is 0 Å². The zero-order valence-corrected chi connectivity index (χ0v) is 14.1. The predicted octanol–water partition coefficient (Wildman–Crippen LogP) is 3.12. The van der Waals surface area contributed by atoms with Crippen molar-refractivity contribution in [2.75, 3.05) is 6.54 Å². The largest absolute Gasteiger partial charge is 0.388 e. The molecule has 0 aromatic carbocycles. The van der Waals surface area contributed by atoms with E-state index in [0.29, 0.717) is 13.0 Å². The van der Waals surface area contributed by atoms with Crippen LogP contribution in [0.4, 0.5) is 0 Å². The molecule has 0 fully saturated rings. The minimum atomic E-state index is -0.764. The second-order valence-electron chi connectivity index (χ2n) is 7.65. The maximum absolute atomic E-state index is 10.4. The van der Waals surface area contributed by atoms with Gasteiger partial charge in [-0.3, -0.25) is 0 Å². The van der Waals surface area contributed by atoms with Gasteiger partial charge >= 0.3 is 0 Å². The Balaban J connectivity index is 2.65. The Labute approximate surface area is 121 Å². The fourth-order valence-electron chi connectivity index (χ4n) is 1.58. The third kappa shape index (κ3) is 6.02. The van der Waals surface area contributed by atoms with E-state index >= 15 is 0 Å². The van der Waals surface area contributed by atoms with Crippen LogP contribution in [0.5, 0.6) is 0 Å². The van der Waals surface area contributed by atoms with E-state index in [2.05, 4.69) is 57.2 Å². The molecule has 1 aromatic heterocycles. The van der Waals surface area contributed by atoms with E-state index in [-0.39, 0.29) is 11.0 Å². The molecule has 0 saturated heterocycles. The Morgan fingerprint density at radius 2 is 1.74 bits per heavy atom. The molecule has 19 heavy (non-hydrogen) atoms. The Bertz CT molecular complexity index is 411. The molecule has 0 aliphatic carbocycles. The molecule has 1 atom stereocenters. The van der Waals surface area contributed by atoms with Crippen LogP contribution in [0.15, 0.2) is 5.38 Å². The standard InChI is InChI=1S/C15H28N2OS/c1-13(2,3)11-9-19-12(17-11)8-15(7,18)10-16-14(4,5)6/h9,16,18H,8,10H2,1-7H3. The molecule has 0 amide bonds. The zero-order valence-electron chi connectivity index (χ0n) is 13.3. The van der Waals surface area contributed by atoms with E-state index in [0.717, 1.165) is 10.7 Å². The SMILES string of the molecule is CC(O)(CNC(C)(C)C)Cc1nc(C(C)(C)C)cs1. The first-order chi connectivity index (χ1) is 8.39. The third-order valence-corrected chi connectivity index (χ3v) is 3.70. The average molecular weight is 284 g/mol.